The molecule has 200 valence electrons. The number of fused-ring (bicyclic) bond motifs is 4. The lowest BCUT2D eigenvalue weighted by Gasteiger charge is -2.43. The van der Waals surface area contributed by atoms with E-state index < -0.39 is 0 Å². The van der Waals surface area contributed by atoms with E-state index in [0.717, 1.165) is 69.8 Å². The van der Waals surface area contributed by atoms with Crippen LogP contribution in [0.15, 0.2) is 64.2 Å². The fraction of sp³-hybridized carbons (Fsp3) is 0.484. The lowest BCUT2D eigenvalue weighted by molar-refractivity contribution is 0.111. The maximum Gasteiger partial charge on any atom is 0.250 e. The van der Waals surface area contributed by atoms with Gasteiger partial charge >= 0.3 is 0 Å². The second kappa shape index (κ2) is 10.5. The van der Waals surface area contributed by atoms with Crippen molar-refractivity contribution in [3.63, 3.8) is 0 Å². The van der Waals surface area contributed by atoms with Crippen molar-refractivity contribution in [1.29, 1.82) is 0 Å². The number of aromatic hydroxyl groups is 1. The summed E-state index contributed by atoms with van der Waals surface area (Å²) in [6.07, 6.45) is 4.49. The van der Waals surface area contributed by atoms with Crippen molar-refractivity contribution >= 4 is 0 Å². The predicted molar refractivity (Wildman–Crippen MR) is 148 cm³/mol. The summed E-state index contributed by atoms with van der Waals surface area (Å²) in [7, 11) is 1.98. The van der Waals surface area contributed by atoms with E-state index >= 15 is 0 Å². The third-order valence-electron chi connectivity index (χ3n) is 9.03. The molecule has 7 heteroatoms. The van der Waals surface area contributed by atoms with Gasteiger partial charge in [-0.05, 0) is 62.2 Å². The first kappa shape index (κ1) is 25.1. The Kier molecular flexibility index (Phi) is 6.97. The van der Waals surface area contributed by atoms with Gasteiger partial charge in [0.05, 0.1) is 5.69 Å². The van der Waals surface area contributed by atoms with Crippen LogP contribution >= 0.6 is 0 Å². The first-order valence-corrected chi connectivity index (χ1v) is 14.0. The van der Waals surface area contributed by atoms with Crippen molar-refractivity contribution in [2.45, 2.75) is 51.2 Å². The second-order valence-electron chi connectivity index (χ2n) is 11.7. The standard InChI is InChI=1S/C31H38N4O3/c1-32-26(20-34-17-24-15-25(19-34)27-8-5-9-30(37)35(27)18-24)16-29(36)31(38)28(32)21-33-12-10-23(11-13-33)14-22-6-3-2-4-7-22/h2-9,16,23-25,38H,10-15,17-21H2,1H3/t24-,25+/m1/s1. The average Bonchev–Trinajstić information content (AvgIpc) is 2.92. The van der Waals surface area contributed by atoms with Crippen LogP contribution in [0.3, 0.4) is 0 Å². The molecule has 5 heterocycles. The molecule has 3 aromatic rings. The minimum absolute atomic E-state index is 0.0975. The van der Waals surface area contributed by atoms with Gasteiger partial charge in [-0.2, -0.15) is 0 Å². The smallest absolute Gasteiger partial charge is 0.250 e. The maximum absolute atomic E-state index is 12.8. The van der Waals surface area contributed by atoms with Gasteiger partial charge in [-0.15, -0.1) is 0 Å². The highest BCUT2D eigenvalue weighted by Gasteiger charge is 2.34. The molecule has 1 N–H and O–H groups in total. The number of aromatic nitrogens is 2. The number of rotatable bonds is 6. The molecule has 2 bridgehead atoms. The molecule has 0 saturated carbocycles. The van der Waals surface area contributed by atoms with Crippen LogP contribution in [0.25, 0.3) is 0 Å². The van der Waals surface area contributed by atoms with Crippen LogP contribution in [-0.4, -0.2) is 50.2 Å². The van der Waals surface area contributed by atoms with Crippen LogP contribution in [0, 0.1) is 11.8 Å². The van der Waals surface area contributed by atoms with Crippen LogP contribution in [0.1, 0.15) is 47.8 Å². The molecule has 0 aliphatic carbocycles. The average molecular weight is 515 g/mol. The molecule has 2 atom stereocenters. The molecule has 2 saturated heterocycles. The largest absolute Gasteiger partial charge is 0.503 e. The Labute approximate surface area is 223 Å². The van der Waals surface area contributed by atoms with E-state index in [1.807, 2.05) is 22.2 Å². The number of pyridine rings is 2. The summed E-state index contributed by atoms with van der Waals surface area (Å²) in [5.74, 6) is 1.33. The molecule has 2 fully saturated rings. The topological polar surface area (TPSA) is 70.7 Å². The number of benzene rings is 1. The highest BCUT2D eigenvalue weighted by molar-refractivity contribution is 5.30. The van der Waals surface area contributed by atoms with E-state index in [1.54, 1.807) is 12.1 Å². The highest BCUT2D eigenvalue weighted by atomic mass is 16.3. The maximum atomic E-state index is 12.8. The van der Waals surface area contributed by atoms with Gasteiger partial charge in [0.15, 0.2) is 5.75 Å². The zero-order chi connectivity index (χ0) is 26.2. The Hall–Kier alpha value is -3.16. The quantitative estimate of drug-likeness (QED) is 0.547. The molecule has 7 nitrogen and oxygen atoms in total. The van der Waals surface area contributed by atoms with E-state index in [4.69, 9.17) is 0 Å². The summed E-state index contributed by atoms with van der Waals surface area (Å²) in [5, 5.41) is 10.7. The molecule has 3 aliphatic rings. The Balaban J connectivity index is 1.13. The molecule has 38 heavy (non-hydrogen) atoms. The van der Waals surface area contributed by atoms with Gasteiger partial charge in [0.1, 0.15) is 0 Å². The van der Waals surface area contributed by atoms with Gasteiger partial charge < -0.3 is 14.2 Å². The van der Waals surface area contributed by atoms with Crippen molar-refractivity contribution in [3.8, 4) is 5.75 Å². The first-order chi connectivity index (χ1) is 18.4. The Morgan fingerprint density at radius 1 is 0.895 bits per heavy atom. The Morgan fingerprint density at radius 2 is 1.68 bits per heavy atom. The van der Waals surface area contributed by atoms with E-state index in [9.17, 15) is 14.7 Å². The SMILES string of the molecule is Cn1c(CN2C[C@H]3C[C@@H](C2)c2cccc(=O)n2C3)cc(=O)c(O)c1CN1CCC(Cc2ccccc2)CC1. The van der Waals surface area contributed by atoms with Gasteiger partial charge in [0.2, 0.25) is 5.43 Å². The number of likely N-dealkylation sites (tertiary alicyclic amines) is 2. The zero-order valence-corrected chi connectivity index (χ0v) is 22.3. The van der Waals surface area contributed by atoms with E-state index in [0.29, 0.717) is 36.5 Å². The van der Waals surface area contributed by atoms with E-state index in [1.165, 1.54) is 5.56 Å². The van der Waals surface area contributed by atoms with Crippen molar-refractivity contribution in [2.75, 3.05) is 26.2 Å². The minimum atomic E-state index is -0.291. The number of hydrogen-bond donors (Lipinski definition) is 1. The third kappa shape index (κ3) is 5.09. The van der Waals surface area contributed by atoms with Gasteiger partial charge in [0, 0.05) is 69.2 Å². The number of nitrogens with zero attached hydrogens (tertiary/aromatic N) is 4. The fourth-order valence-electron chi connectivity index (χ4n) is 6.99. The number of piperidine rings is 2. The van der Waals surface area contributed by atoms with E-state index in [-0.39, 0.29) is 16.7 Å². The summed E-state index contributed by atoms with van der Waals surface area (Å²) >= 11 is 0. The summed E-state index contributed by atoms with van der Waals surface area (Å²) < 4.78 is 3.99. The zero-order valence-electron chi connectivity index (χ0n) is 22.3. The molecule has 0 spiro atoms. The molecular formula is C31H38N4O3. The molecule has 0 unspecified atom stereocenters. The van der Waals surface area contributed by atoms with Crippen molar-refractivity contribution in [3.05, 3.63) is 97.8 Å². The molecule has 1 aromatic carbocycles. The summed E-state index contributed by atoms with van der Waals surface area (Å²) in [5.41, 5.74) is 3.99. The predicted octanol–water partition coefficient (Wildman–Crippen LogP) is 3.33. The van der Waals surface area contributed by atoms with Crippen molar-refractivity contribution in [2.24, 2.45) is 18.9 Å². The van der Waals surface area contributed by atoms with E-state index in [2.05, 4.69) is 46.2 Å². The summed E-state index contributed by atoms with van der Waals surface area (Å²) in [4.78, 5) is 30.0. The molecular weight excluding hydrogens is 476 g/mol. The van der Waals surface area contributed by atoms with Gasteiger partial charge in [-0.3, -0.25) is 19.4 Å². The van der Waals surface area contributed by atoms with Crippen molar-refractivity contribution in [1.82, 2.24) is 18.9 Å². The van der Waals surface area contributed by atoms with Crippen LogP contribution < -0.4 is 11.0 Å². The van der Waals surface area contributed by atoms with Gasteiger partial charge in [-0.1, -0.05) is 36.4 Å². The lowest BCUT2D eigenvalue weighted by Crippen LogP contribution is -2.47. The monoisotopic (exact) mass is 514 g/mol. The fourth-order valence-corrected chi connectivity index (χ4v) is 6.99. The Morgan fingerprint density at radius 3 is 2.47 bits per heavy atom. The summed E-state index contributed by atoms with van der Waals surface area (Å²) in [6, 6.07) is 17.9. The van der Waals surface area contributed by atoms with Gasteiger partial charge in [-0.25, -0.2) is 0 Å². The first-order valence-electron chi connectivity index (χ1n) is 14.0. The molecule has 6 rings (SSSR count). The highest BCUT2D eigenvalue weighted by Crippen LogP contribution is 2.35. The molecule has 3 aliphatic heterocycles. The Bertz CT molecular complexity index is 1400. The minimum Gasteiger partial charge on any atom is -0.503 e. The van der Waals surface area contributed by atoms with Crippen LogP contribution in [-0.2, 0) is 33.1 Å². The van der Waals surface area contributed by atoms with Crippen LogP contribution in [0.5, 0.6) is 5.75 Å². The van der Waals surface area contributed by atoms with Crippen molar-refractivity contribution < 1.29 is 5.11 Å². The lowest BCUT2D eigenvalue weighted by atomic mass is 9.83. The van der Waals surface area contributed by atoms with Crippen LogP contribution in [0.2, 0.25) is 0 Å². The molecule has 0 amide bonds. The normalized spacial score (nSPS) is 22.3. The molecule has 2 aromatic heterocycles. The van der Waals surface area contributed by atoms with Gasteiger partial charge in [0.25, 0.3) is 5.56 Å². The number of hydrogen-bond acceptors (Lipinski definition) is 5. The third-order valence-corrected chi connectivity index (χ3v) is 9.03. The summed E-state index contributed by atoms with van der Waals surface area (Å²) in [6.45, 7) is 5.76. The molecule has 0 radical (unpaired) electrons. The van der Waals surface area contributed by atoms with Crippen LogP contribution in [0.4, 0.5) is 0 Å². The second-order valence-corrected chi connectivity index (χ2v) is 11.7.